The molecule has 0 unspecified atom stereocenters. The summed E-state index contributed by atoms with van der Waals surface area (Å²) in [6.45, 7) is 2.57. The normalized spacial score (nSPS) is 16.0. The lowest BCUT2D eigenvalue weighted by Crippen LogP contribution is -2.45. The molecule has 0 spiro atoms. The van der Waals surface area contributed by atoms with Crippen LogP contribution in [0.2, 0.25) is 0 Å². The van der Waals surface area contributed by atoms with Crippen LogP contribution in [-0.2, 0) is 10.4 Å². The van der Waals surface area contributed by atoms with Crippen molar-refractivity contribution in [1.29, 1.82) is 0 Å². The molecule has 1 aliphatic rings. The van der Waals surface area contributed by atoms with Crippen molar-refractivity contribution >= 4 is 11.8 Å². The van der Waals surface area contributed by atoms with Gasteiger partial charge in [0.05, 0.1) is 5.69 Å². The monoisotopic (exact) mass is 369 g/mol. The molecule has 0 atom stereocenters. The minimum Gasteiger partial charge on any atom is -0.484 e. The van der Waals surface area contributed by atoms with Crippen LogP contribution in [0.4, 0.5) is 0 Å². The topological polar surface area (TPSA) is 106 Å². The summed E-state index contributed by atoms with van der Waals surface area (Å²) in [6.07, 6.45) is 2.59. The number of piperidine rings is 1. The van der Waals surface area contributed by atoms with Crippen LogP contribution in [0.3, 0.4) is 0 Å². The van der Waals surface area contributed by atoms with E-state index in [9.17, 15) is 14.7 Å². The summed E-state index contributed by atoms with van der Waals surface area (Å²) in [4.78, 5) is 29.6. The number of likely N-dealkylation sites (tertiary alicyclic amines) is 1. The van der Waals surface area contributed by atoms with Gasteiger partial charge >= 0.3 is 0 Å². The summed E-state index contributed by atoms with van der Waals surface area (Å²) in [5.74, 6) is -0.303. The molecule has 0 aliphatic carbocycles. The maximum atomic E-state index is 12.8. The molecule has 1 saturated heterocycles. The van der Waals surface area contributed by atoms with Crippen LogP contribution >= 0.6 is 0 Å². The van der Waals surface area contributed by atoms with Crippen molar-refractivity contribution in [3.05, 3.63) is 59.4 Å². The van der Waals surface area contributed by atoms with Gasteiger partial charge in [0.15, 0.2) is 6.61 Å². The first-order valence-corrected chi connectivity index (χ1v) is 8.83. The molecular formula is C20H23N3O4. The van der Waals surface area contributed by atoms with Gasteiger partial charge in [0.2, 0.25) is 0 Å². The van der Waals surface area contributed by atoms with E-state index in [0.717, 1.165) is 5.56 Å². The van der Waals surface area contributed by atoms with E-state index in [1.807, 2.05) is 19.1 Å². The Labute approximate surface area is 157 Å². The molecule has 1 aliphatic heterocycles. The Morgan fingerprint density at radius 1 is 1.26 bits per heavy atom. The molecule has 1 aromatic heterocycles. The Balaban J connectivity index is 1.65. The van der Waals surface area contributed by atoms with Crippen LogP contribution in [0.1, 0.15) is 34.5 Å². The predicted octanol–water partition coefficient (Wildman–Crippen LogP) is 1.38. The standard InChI is InChI=1S/C20H23N3O4/c1-14-5-6-17(22-12-14)20(26)7-9-23(10-8-20)19(25)15-3-2-4-16(11-15)27-13-18(21)24/h2-6,11-12,26H,7-10,13H2,1H3,(H2,21,24). The summed E-state index contributed by atoms with van der Waals surface area (Å²) in [6, 6.07) is 10.4. The number of nitrogens with zero attached hydrogens (tertiary/aromatic N) is 2. The van der Waals surface area contributed by atoms with Gasteiger partial charge < -0.3 is 20.5 Å². The maximum Gasteiger partial charge on any atom is 0.255 e. The number of carbonyl (C=O) groups excluding carboxylic acids is 2. The summed E-state index contributed by atoms with van der Waals surface area (Å²) in [5.41, 5.74) is 6.20. The van der Waals surface area contributed by atoms with Crippen LogP contribution in [0.5, 0.6) is 5.75 Å². The molecule has 1 aromatic carbocycles. The number of ether oxygens (including phenoxy) is 1. The first kappa shape index (κ1) is 18.8. The third kappa shape index (κ3) is 4.43. The number of aromatic nitrogens is 1. The van der Waals surface area contributed by atoms with Gasteiger partial charge in [-0.25, -0.2) is 0 Å². The van der Waals surface area contributed by atoms with E-state index in [-0.39, 0.29) is 12.5 Å². The lowest BCUT2D eigenvalue weighted by Gasteiger charge is -2.37. The number of nitrogens with two attached hydrogens (primary N) is 1. The van der Waals surface area contributed by atoms with Crippen molar-refractivity contribution in [2.45, 2.75) is 25.4 Å². The van der Waals surface area contributed by atoms with E-state index >= 15 is 0 Å². The highest BCUT2D eigenvalue weighted by atomic mass is 16.5. The third-order valence-electron chi connectivity index (χ3n) is 4.73. The first-order valence-electron chi connectivity index (χ1n) is 8.83. The fourth-order valence-corrected chi connectivity index (χ4v) is 3.13. The molecule has 2 heterocycles. The highest BCUT2D eigenvalue weighted by Gasteiger charge is 2.36. The van der Waals surface area contributed by atoms with E-state index < -0.39 is 11.5 Å². The van der Waals surface area contributed by atoms with Crippen molar-refractivity contribution in [2.75, 3.05) is 19.7 Å². The molecule has 3 rings (SSSR count). The Morgan fingerprint density at radius 2 is 2.00 bits per heavy atom. The Kier molecular flexibility index (Phi) is 5.41. The van der Waals surface area contributed by atoms with Gasteiger partial charge in [-0.3, -0.25) is 14.6 Å². The van der Waals surface area contributed by atoms with E-state index in [2.05, 4.69) is 4.98 Å². The van der Waals surface area contributed by atoms with Gasteiger partial charge in [0, 0.05) is 24.8 Å². The van der Waals surface area contributed by atoms with Gasteiger partial charge in [-0.15, -0.1) is 0 Å². The lowest BCUT2D eigenvalue weighted by molar-refractivity contribution is -0.119. The molecule has 0 saturated carbocycles. The molecular weight excluding hydrogens is 346 g/mol. The maximum absolute atomic E-state index is 12.8. The minimum atomic E-state index is -1.02. The average molecular weight is 369 g/mol. The van der Waals surface area contributed by atoms with Crippen molar-refractivity contribution in [2.24, 2.45) is 5.73 Å². The Morgan fingerprint density at radius 3 is 2.63 bits per heavy atom. The molecule has 27 heavy (non-hydrogen) atoms. The number of hydrogen-bond donors (Lipinski definition) is 2. The number of rotatable bonds is 5. The highest BCUT2D eigenvalue weighted by Crippen LogP contribution is 2.32. The Bertz CT molecular complexity index is 827. The number of amides is 2. The molecule has 3 N–H and O–H groups in total. The number of benzene rings is 1. The number of primary amides is 1. The smallest absolute Gasteiger partial charge is 0.255 e. The fraction of sp³-hybridized carbons (Fsp3) is 0.350. The first-order chi connectivity index (χ1) is 12.9. The van der Waals surface area contributed by atoms with E-state index in [0.29, 0.717) is 42.9 Å². The van der Waals surface area contributed by atoms with Crippen LogP contribution in [-0.4, -0.2) is 46.5 Å². The molecule has 7 nitrogen and oxygen atoms in total. The second-order valence-electron chi connectivity index (χ2n) is 6.83. The van der Waals surface area contributed by atoms with Crippen LogP contribution < -0.4 is 10.5 Å². The minimum absolute atomic E-state index is 0.140. The van der Waals surface area contributed by atoms with Crippen molar-refractivity contribution in [3.8, 4) is 5.75 Å². The van der Waals surface area contributed by atoms with Crippen molar-refractivity contribution in [3.63, 3.8) is 0 Å². The summed E-state index contributed by atoms with van der Waals surface area (Å²) >= 11 is 0. The third-order valence-corrected chi connectivity index (χ3v) is 4.73. The van der Waals surface area contributed by atoms with Crippen molar-refractivity contribution in [1.82, 2.24) is 9.88 Å². The largest absolute Gasteiger partial charge is 0.484 e. The van der Waals surface area contributed by atoms with Crippen LogP contribution in [0.25, 0.3) is 0 Å². The quantitative estimate of drug-likeness (QED) is 0.828. The van der Waals surface area contributed by atoms with Crippen LogP contribution in [0, 0.1) is 6.92 Å². The lowest BCUT2D eigenvalue weighted by atomic mass is 9.87. The van der Waals surface area contributed by atoms with E-state index in [1.54, 1.807) is 35.4 Å². The zero-order valence-corrected chi connectivity index (χ0v) is 15.2. The second kappa shape index (κ2) is 7.75. The number of aryl methyl sites for hydroxylation is 1. The number of hydrogen-bond acceptors (Lipinski definition) is 5. The molecule has 2 aromatic rings. The number of carbonyl (C=O) groups is 2. The molecule has 7 heteroatoms. The SMILES string of the molecule is Cc1ccc(C2(O)CCN(C(=O)c3cccc(OCC(N)=O)c3)CC2)nc1. The highest BCUT2D eigenvalue weighted by molar-refractivity contribution is 5.94. The molecule has 0 bridgehead atoms. The van der Waals surface area contributed by atoms with Gasteiger partial charge in [-0.1, -0.05) is 12.1 Å². The van der Waals surface area contributed by atoms with Gasteiger partial charge in [-0.2, -0.15) is 0 Å². The van der Waals surface area contributed by atoms with Crippen LogP contribution in [0.15, 0.2) is 42.6 Å². The second-order valence-corrected chi connectivity index (χ2v) is 6.83. The molecule has 0 radical (unpaired) electrons. The number of aliphatic hydroxyl groups is 1. The predicted molar refractivity (Wildman–Crippen MR) is 99.1 cm³/mol. The Hall–Kier alpha value is -2.93. The molecule has 2 amide bonds. The summed E-state index contributed by atoms with van der Waals surface area (Å²) in [7, 11) is 0. The van der Waals surface area contributed by atoms with Gasteiger partial charge in [0.1, 0.15) is 11.4 Å². The summed E-state index contributed by atoms with van der Waals surface area (Å²) in [5, 5.41) is 10.9. The average Bonchev–Trinajstić information content (AvgIpc) is 2.67. The van der Waals surface area contributed by atoms with Crippen molar-refractivity contribution < 1.29 is 19.4 Å². The molecule has 142 valence electrons. The van der Waals surface area contributed by atoms with Gasteiger partial charge in [-0.05, 0) is 49.6 Å². The van der Waals surface area contributed by atoms with E-state index in [1.165, 1.54) is 0 Å². The van der Waals surface area contributed by atoms with E-state index in [4.69, 9.17) is 10.5 Å². The zero-order valence-electron chi connectivity index (χ0n) is 15.2. The molecule has 1 fully saturated rings. The number of pyridine rings is 1. The zero-order chi connectivity index (χ0) is 19.4. The van der Waals surface area contributed by atoms with Gasteiger partial charge in [0.25, 0.3) is 11.8 Å². The fourth-order valence-electron chi connectivity index (χ4n) is 3.13. The summed E-state index contributed by atoms with van der Waals surface area (Å²) < 4.78 is 5.25.